The summed E-state index contributed by atoms with van der Waals surface area (Å²) in [5.41, 5.74) is 1.99. The Labute approximate surface area is 193 Å². The Kier molecular flexibility index (Phi) is 9.95. The molecule has 0 aliphatic rings. The lowest BCUT2D eigenvalue weighted by molar-refractivity contribution is -0.141. The van der Waals surface area contributed by atoms with Crippen molar-refractivity contribution >= 4 is 35.5 Å². The minimum absolute atomic E-state index is 0.0438. The summed E-state index contributed by atoms with van der Waals surface area (Å²) < 4.78 is 0. The first-order valence-corrected chi connectivity index (χ1v) is 11.1. The van der Waals surface area contributed by atoms with E-state index in [0.29, 0.717) is 29.0 Å². The molecule has 2 amide bonds. The second-order valence-corrected chi connectivity index (χ2v) is 8.08. The maximum absolute atomic E-state index is 13.0. The van der Waals surface area contributed by atoms with E-state index in [4.69, 9.17) is 11.6 Å². The molecule has 0 saturated carbocycles. The number of aliphatic carboxylic acids is 1. The van der Waals surface area contributed by atoms with Gasteiger partial charge >= 0.3 is 5.97 Å². The van der Waals surface area contributed by atoms with E-state index >= 15 is 0 Å². The first-order chi connectivity index (χ1) is 15.3. The van der Waals surface area contributed by atoms with Crippen LogP contribution in [-0.2, 0) is 9.59 Å². The number of hydrogen-bond donors (Lipinski definition) is 3. The normalized spacial score (nSPS) is 12.2. The van der Waals surface area contributed by atoms with Gasteiger partial charge in [-0.2, -0.15) is 0 Å². The third kappa shape index (κ3) is 8.19. The van der Waals surface area contributed by atoms with Crippen molar-refractivity contribution in [2.24, 2.45) is 0 Å². The number of carboxylic acid groups (broad SMARTS) is 1. The summed E-state index contributed by atoms with van der Waals surface area (Å²) in [5, 5.41) is 15.2. The molecule has 0 radical (unpaired) electrons. The summed E-state index contributed by atoms with van der Waals surface area (Å²) in [5.74, 6) is -2.23. The first kappa shape index (κ1) is 25.1. The molecule has 170 valence electrons. The van der Waals surface area contributed by atoms with Gasteiger partial charge in [0.05, 0.1) is 0 Å². The quantitative estimate of drug-likeness (QED) is 0.329. The molecule has 7 heteroatoms. The van der Waals surface area contributed by atoms with Gasteiger partial charge in [0.15, 0.2) is 0 Å². The van der Waals surface area contributed by atoms with Gasteiger partial charge in [-0.15, -0.1) is 0 Å². The van der Waals surface area contributed by atoms with Gasteiger partial charge < -0.3 is 15.7 Å². The number of unbranched alkanes of at least 4 members (excludes halogenated alkanes) is 3. The van der Waals surface area contributed by atoms with E-state index in [-0.39, 0.29) is 5.70 Å². The first-order valence-electron chi connectivity index (χ1n) is 10.7. The number of nitrogens with one attached hydrogen (secondary N) is 2. The molecule has 1 unspecified atom stereocenters. The molecular formula is C25H29ClN2O4. The van der Waals surface area contributed by atoms with Crippen LogP contribution in [0, 0.1) is 6.92 Å². The van der Waals surface area contributed by atoms with E-state index < -0.39 is 23.8 Å². The SMILES string of the molecule is CCCCCCC(NC(=O)C(=Cc1ccc(Cl)cc1)NC(=O)c1ccc(C)cc1)C(=O)O. The maximum Gasteiger partial charge on any atom is 0.326 e. The Bertz CT molecular complexity index is 953. The van der Waals surface area contributed by atoms with Crippen LogP contribution in [0.15, 0.2) is 54.2 Å². The monoisotopic (exact) mass is 456 g/mol. The predicted molar refractivity (Wildman–Crippen MR) is 126 cm³/mol. The average Bonchev–Trinajstić information content (AvgIpc) is 2.77. The van der Waals surface area contributed by atoms with Crippen molar-refractivity contribution in [3.8, 4) is 0 Å². The summed E-state index contributed by atoms with van der Waals surface area (Å²) >= 11 is 5.93. The lowest BCUT2D eigenvalue weighted by Crippen LogP contribution is -2.44. The molecule has 0 spiro atoms. The van der Waals surface area contributed by atoms with Gasteiger partial charge in [-0.3, -0.25) is 9.59 Å². The van der Waals surface area contributed by atoms with Crippen molar-refractivity contribution in [3.63, 3.8) is 0 Å². The van der Waals surface area contributed by atoms with Gasteiger partial charge in [-0.1, -0.05) is 74.0 Å². The van der Waals surface area contributed by atoms with Crippen molar-refractivity contribution < 1.29 is 19.5 Å². The molecule has 0 fully saturated rings. The van der Waals surface area contributed by atoms with Crippen molar-refractivity contribution in [2.75, 3.05) is 0 Å². The summed E-state index contributed by atoms with van der Waals surface area (Å²) in [7, 11) is 0. The smallest absolute Gasteiger partial charge is 0.326 e. The maximum atomic E-state index is 13.0. The molecule has 1 atom stereocenters. The van der Waals surface area contributed by atoms with Crippen LogP contribution in [0.5, 0.6) is 0 Å². The van der Waals surface area contributed by atoms with E-state index in [1.165, 1.54) is 6.08 Å². The van der Waals surface area contributed by atoms with Gasteiger partial charge in [-0.25, -0.2) is 4.79 Å². The standard InChI is InChI=1S/C25H29ClN2O4/c1-3-4-5-6-7-21(25(31)32)27-24(30)22(16-18-10-14-20(26)15-11-18)28-23(29)19-12-8-17(2)9-13-19/h8-16,21H,3-7H2,1-2H3,(H,27,30)(H,28,29)(H,31,32). The third-order valence-electron chi connectivity index (χ3n) is 4.94. The molecule has 32 heavy (non-hydrogen) atoms. The van der Waals surface area contributed by atoms with Gasteiger partial charge in [0.2, 0.25) is 0 Å². The molecule has 0 aliphatic heterocycles. The largest absolute Gasteiger partial charge is 0.480 e. The Morgan fingerprint density at radius 2 is 1.66 bits per heavy atom. The van der Waals surface area contributed by atoms with E-state index in [0.717, 1.165) is 24.8 Å². The van der Waals surface area contributed by atoms with Crippen LogP contribution in [0.4, 0.5) is 0 Å². The number of amides is 2. The van der Waals surface area contributed by atoms with Crippen molar-refractivity contribution in [1.82, 2.24) is 10.6 Å². The Morgan fingerprint density at radius 3 is 2.25 bits per heavy atom. The lowest BCUT2D eigenvalue weighted by atomic mass is 10.1. The van der Waals surface area contributed by atoms with Crippen LogP contribution < -0.4 is 10.6 Å². The molecule has 2 aromatic rings. The highest BCUT2D eigenvalue weighted by Gasteiger charge is 2.23. The van der Waals surface area contributed by atoms with Crippen molar-refractivity contribution in [1.29, 1.82) is 0 Å². The second-order valence-electron chi connectivity index (χ2n) is 7.64. The number of carboxylic acids is 1. The number of halogens is 1. The van der Waals surface area contributed by atoms with Crippen molar-refractivity contribution in [3.05, 3.63) is 75.9 Å². The fourth-order valence-corrected chi connectivity index (χ4v) is 3.18. The zero-order valence-corrected chi connectivity index (χ0v) is 19.1. The van der Waals surface area contributed by atoms with Crippen LogP contribution in [0.3, 0.4) is 0 Å². The average molecular weight is 457 g/mol. The number of carbonyl (C=O) groups excluding carboxylic acids is 2. The van der Waals surface area contributed by atoms with Gasteiger partial charge in [-0.05, 0) is 49.2 Å². The van der Waals surface area contributed by atoms with E-state index in [9.17, 15) is 19.5 Å². The molecule has 2 rings (SSSR count). The minimum atomic E-state index is -1.11. The summed E-state index contributed by atoms with van der Waals surface area (Å²) in [4.78, 5) is 37.3. The highest BCUT2D eigenvalue weighted by molar-refractivity contribution is 6.30. The number of aryl methyl sites for hydroxylation is 1. The van der Waals surface area contributed by atoms with Crippen LogP contribution in [0.2, 0.25) is 5.02 Å². The predicted octanol–water partition coefficient (Wildman–Crippen LogP) is 4.96. The van der Waals surface area contributed by atoms with Crippen LogP contribution in [0.25, 0.3) is 6.08 Å². The molecule has 0 saturated heterocycles. The summed E-state index contributed by atoms with van der Waals surface area (Å²) in [6.45, 7) is 3.98. The molecule has 6 nitrogen and oxygen atoms in total. The van der Waals surface area contributed by atoms with E-state index in [1.54, 1.807) is 48.5 Å². The zero-order valence-electron chi connectivity index (χ0n) is 18.4. The zero-order chi connectivity index (χ0) is 23.5. The number of hydrogen-bond acceptors (Lipinski definition) is 3. The van der Waals surface area contributed by atoms with Crippen LogP contribution in [-0.4, -0.2) is 28.9 Å². The second kappa shape index (κ2) is 12.7. The molecule has 0 aliphatic carbocycles. The highest BCUT2D eigenvalue weighted by Crippen LogP contribution is 2.13. The number of rotatable bonds is 11. The topological polar surface area (TPSA) is 95.5 Å². The van der Waals surface area contributed by atoms with Gasteiger partial charge in [0, 0.05) is 10.6 Å². The summed E-state index contributed by atoms with van der Waals surface area (Å²) in [6, 6.07) is 12.6. The fraction of sp³-hybridized carbons (Fsp3) is 0.320. The van der Waals surface area contributed by atoms with E-state index in [1.807, 2.05) is 6.92 Å². The molecule has 0 aromatic heterocycles. The van der Waals surface area contributed by atoms with Gasteiger partial charge in [0.1, 0.15) is 11.7 Å². The Balaban J connectivity index is 2.22. The number of carbonyl (C=O) groups is 3. The van der Waals surface area contributed by atoms with Crippen LogP contribution in [0.1, 0.15) is 60.5 Å². The minimum Gasteiger partial charge on any atom is -0.480 e. The fourth-order valence-electron chi connectivity index (χ4n) is 3.05. The van der Waals surface area contributed by atoms with Gasteiger partial charge in [0.25, 0.3) is 11.8 Å². The Morgan fingerprint density at radius 1 is 1.00 bits per heavy atom. The Hall–Kier alpha value is -3.12. The summed E-state index contributed by atoms with van der Waals surface area (Å²) in [6.07, 6.45) is 5.44. The molecule has 0 heterocycles. The number of benzene rings is 2. The lowest BCUT2D eigenvalue weighted by Gasteiger charge is -2.17. The van der Waals surface area contributed by atoms with E-state index in [2.05, 4.69) is 17.6 Å². The van der Waals surface area contributed by atoms with Crippen LogP contribution >= 0.6 is 11.6 Å². The van der Waals surface area contributed by atoms with Crippen molar-refractivity contribution in [2.45, 2.75) is 52.0 Å². The molecule has 3 N–H and O–H groups in total. The molecule has 0 bridgehead atoms. The molecular weight excluding hydrogens is 428 g/mol. The highest BCUT2D eigenvalue weighted by atomic mass is 35.5. The third-order valence-corrected chi connectivity index (χ3v) is 5.19. The molecule has 2 aromatic carbocycles.